The maximum absolute atomic E-state index is 10.5. The Hall–Kier alpha value is -1.82. The van der Waals surface area contributed by atoms with Crippen LogP contribution in [0.15, 0.2) is 27.4 Å². The number of carbonyl (C=O) groups is 1. The number of nitrogens with one attached hydrogen (secondary N) is 1. The van der Waals surface area contributed by atoms with E-state index in [1.807, 2.05) is 5.38 Å². The number of aromatic nitrogens is 1. The molecule has 2 aromatic rings. The van der Waals surface area contributed by atoms with Crippen molar-refractivity contribution >= 4 is 23.2 Å². The molecule has 0 fully saturated rings. The molecular formula is C10H10N2O3S. The van der Waals surface area contributed by atoms with Crippen molar-refractivity contribution < 1.29 is 14.3 Å². The molecule has 84 valence electrons. The molecule has 0 aliphatic heterocycles. The zero-order valence-electron chi connectivity index (χ0n) is 8.34. The number of furan rings is 1. The largest absolute Gasteiger partial charge is 0.475 e. The number of carboxylic acids is 1. The van der Waals surface area contributed by atoms with Crippen LogP contribution >= 0.6 is 11.3 Å². The predicted molar refractivity (Wildman–Crippen MR) is 60.0 cm³/mol. The number of rotatable bonds is 5. The van der Waals surface area contributed by atoms with E-state index in [0.717, 1.165) is 12.1 Å². The van der Waals surface area contributed by atoms with E-state index in [2.05, 4.69) is 10.3 Å². The average Bonchev–Trinajstić information content (AvgIpc) is 2.87. The van der Waals surface area contributed by atoms with Gasteiger partial charge < -0.3 is 14.8 Å². The molecule has 0 radical (unpaired) electrons. The van der Waals surface area contributed by atoms with Gasteiger partial charge in [-0.15, -0.1) is 11.3 Å². The highest BCUT2D eigenvalue weighted by atomic mass is 32.1. The minimum Gasteiger partial charge on any atom is -0.475 e. The summed E-state index contributed by atoms with van der Waals surface area (Å²) in [5.41, 5.74) is 2.80. The molecule has 0 saturated carbocycles. The smallest absolute Gasteiger partial charge is 0.371 e. The predicted octanol–water partition coefficient (Wildman–Crippen LogP) is 2.09. The monoisotopic (exact) mass is 238 g/mol. The van der Waals surface area contributed by atoms with Crippen LogP contribution in [-0.2, 0) is 6.42 Å². The molecule has 0 spiro atoms. The fourth-order valence-electron chi connectivity index (χ4n) is 1.22. The second kappa shape index (κ2) is 4.80. The van der Waals surface area contributed by atoms with E-state index >= 15 is 0 Å². The van der Waals surface area contributed by atoms with Gasteiger partial charge >= 0.3 is 5.97 Å². The molecule has 2 N–H and O–H groups in total. The zero-order valence-corrected chi connectivity index (χ0v) is 9.16. The molecule has 16 heavy (non-hydrogen) atoms. The number of thiazole rings is 1. The SMILES string of the molecule is O=C(O)c1ccc(NCCc2cscn2)o1. The Balaban J connectivity index is 1.83. The summed E-state index contributed by atoms with van der Waals surface area (Å²) in [6, 6.07) is 3.03. The summed E-state index contributed by atoms with van der Waals surface area (Å²) >= 11 is 1.55. The fourth-order valence-corrected chi connectivity index (χ4v) is 1.82. The lowest BCUT2D eigenvalue weighted by Gasteiger charge is -2.00. The number of anilines is 1. The second-order valence-corrected chi connectivity index (χ2v) is 3.84. The minimum atomic E-state index is -1.06. The summed E-state index contributed by atoms with van der Waals surface area (Å²) in [5.74, 6) is -0.656. The number of hydrogen-bond acceptors (Lipinski definition) is 5. The molecule has 0 saturated heterocycles. The van der Waals surface area contributed by atoms with Gasteiger partial charge in [0.1, 0.15) is 0 Å². The molecule has 6 heteroatoms. The third kappa shape index (κ3) is 2.60. The summed E-state index contributed by atoms with van der Waals surface area (Å²) in [7, 11) is 0. The number of hydrogen-bond donors (Lipinski definition) is 2. The summed E-state index contributed by atoms with van der Waals surface area (Å²) in [5, 5.41) is 13.6. The van der Waals surface area contributed by atoms with Crippen molar-refractivity contribution in [3.05, 3.63) is 34.5 Å². The van der Waals surface area contributed by atoms with Gasteiger partial charge in [-0.05, 0) is 6.07 Å². The first kappa shape index (κ1) is 10.7. The number of carboxylic acid groups (broad SMARTS) is 1. The van der Waals surface area contributed by atoms with Gasteiger partial charge in [0.2, 0.25) is 5.76 Å². The Morgan fingerprint density at radius 3 is 3.06 bits per heavy atom. The topological polar surface area (TPSA) is 75.4 Å². The van der Waals surface area contributed by atoms with E-state index in [1.165, 1.54) is 6.07 Å². The molecule has 2 rings (SSSR count). The lowest BCUT2D eigenvalue weighted by Crippen LogP contribution is -2.04. The number of nitrogens with zero attached hydrogens (tertiary/aromatic N) is 1. The van der Waals surface area contributed by atoms with Crippen LogP contribution in [0.4, 0.5) is 5.88 Å². The van der Waals surface area contributed by atoms with E-state index in [-0.39, 0.29) is 5.76 Å². The summed E-state index contributed by atoms with van der Waals surface area (Å²) in [6.45, 7) is 0.663. The highest BCUT2D eigenvalue weighted by Gasteiger charge is 2.08. The van der Waals surface area contributed by atoms with Gasteiger partial charge in [-0.25, -0.2) is 9.78 Å². The Bertz CT molecular complexity index is 464. The molecule has 0 amide bonds. The summed E-state index contributed by atoms with van der Waals surface area (Å²) in [6.07, 6.45) is 0.784. The van der Waals surface area contributed by atoms with Crippen molar-refractivity contribution in [1.29, 1.82) is 0 Å². The van der Waals surface area contributed by atoms with Crippen molar-refractivity contribution in [3.63, 3.8) is 0 Å². The molecule has 0 bridgehead atoms. The molecule has 0 aliphatic carbocycles. The normalized spacial score (nSPS) is 10.2. The highest BCUT2D eigenvalue weighted by molar-refractivity contribution is 7.07. The van der Waals surface area contributed by atoms with Crippen LogP contribution in [0.3, 0.4) is 0 Å². The zero-order chi connectivity index (χ0) is 11.4. The Morgan fingerprint density at radius 2 is 2.44 bits per heavy atom. The van der Waals surface area contributed by atoms with Crippen LogP contribution < -0.4 is 5.32 Å². The van der Waals surface area contributed by atoms with Crippen LogP contribution in [0.2, 0.25) is 0 Å². The molecular weight excluding hydrogens is 228 g/mol. The van der Waals surface area contributed by atoms with Crippen LogP contribution in [0.5, 0.6) is 0 Å². The van der Waals surface area contributed by atoms with E-state index in [0.29, 0.717) is 12.4 Å². The van der Waals surface area contributed by atoms with Gasteiger partial charge in [0.15, 0.2) is 5.88 Å². The van der Waals surface area contributed by atoms with Crippen molar-refractivity contribution in [1.82, 2.24) is 4.98 Å². The number of aromatic carboxylic acids is 1. The van der Waals surface area contributed by atoms with Crippen LogP contribution in [0, 0.1) is 0 Å². The highest BCUT2D eigenvalue weighted by Crippen LogP contribution is 2.13. The van der Waals surface area contributed by atoms with Crippen LogP contribution in [0.1, 0.15) is 16.2 Å². The minimum absolute atomic E-state index is 0.0591. The second-order valence-electron chi connectivity index (χ2n) is 3.13. The van der Waals surface area contributed by atoms with E-state index in [9.17, 15) is 4.79 Å². The Morgan fingerprint density at radius 1 is 1.56 bits per heavy atom. The van der Waals surface area contributed by atoms with Gasteiger partial charge in [0.25, 0.3) is 0 Å². The molecule has 0 aliphatic rings. The van der Waals surface area contributed by atoms with E-state index in [1.54, 1.807) is 22.9 Å². The molecule has 2 aromatic heterocycles. The van der Waals surface area contributed by atoms with Crippen molar-refractivity contribution in [2.75, 3.05) is 11.9 Å². The standard InChI is InChI=1S/C10H10N2O3S/c13-10(14)8-1-2-9(15-8)11-4-3-7-5-16-6-12-7/h1-2,5-6,11H,3-4H2,(H,13,14). The van der Waals surface area contributed by atoms with Crippen LogP contribution in [-0.4, -0.2) is 22.6 Å². The molecule has 0 atom stereocenters. The molecule has 0 unspecified atom stereocenters. The maximum Gasteiger partial charge on any atom is 0.371 e. The molecule has 5 nitrogen and oxygen atoms in total. The quantitative estimate of drug-likeness (QED) is 0.834. The van der Waals surface area contributed by atoms with Gasteiger partial charge in [0.05, 0.1) is 11.2 Å². The maximum atomic E-state index is 10.5. The first-order valence-electron chi connectivity index (χ1n) is 4.70. The summed E-state index contributed by atoms with van der Waals surface area (Å²) in [4.78, 5) is 14.7. The third-order valence-corrected chi connectivity index (χ3v) is 2.62. The van der Waals surface area contributed by atoms with Crippen molar-refractivity contribution in [3.8, 4) is 0 Å². The first-order chi connectivity index (χ1) is 7.75. The van der Waals surface area contributed by atoms with Gasteiger partial charge in [-0.2, -0.15) is 0 Å². The van der Waals surface area contributed by atoms with E-state index in [4.69, 9.17) is 9.52 Å². The van der Waals surface area contributed by atoms with E-state index < -0.39 is 5.97 Å². The van der Waals surface area contributed by atoms with Gasteiger partial charge in [-0.3, -0.25) is 0 Å². The Labute approximate surface area is 95.7 Å². The van der Waals surface area contributed by atoms with Crippen molar-refractivity contribution in [2.45, 2.75) is 6.42 Å². The van der Waals surface area contributed by atoms with Gasteiger partial charge in [0, 0.05) is 24.4 Å². The molecule has 0 aromatic carbocycles. The third-order valence-electron chi connectivity index (χ3n) is 1.98. The lowest BCUT2D eigenvalue weighted by atomic mass is 10.3. The first-order valence-corrected chi connectivity index (χ1v) is 5.64. The summed E-state index contributed by atoms with van der Waals surface area (Å²) < 4.78 is 5.04. The van der Waals surface area contributed by atoms with Crippen molar-refractivity contribution in [2.24, 2.45) is 0 Å². The molecule has 2 heterocycles. The van der Waals surface area contributed by atoms with Gasteiger partial charge in [-0.1, -0.05) is 0 Å². The van der Waals surface area contributed by atoms with Crippen LogP contribution in [0.25, 0.3) is 0 Å². The fraction of sp³-hybridized carbons (Fsp3) is 0.200. The lowest BCUT2D eigenvalue weighted by molar-refractivity contribution is 0.0663. The Kier molecular flexibility index (Phi) is 3.21. The average molecular weight is 238 g/mol.